The third-order valence-corrected chi connectivity index (χ3v) is 8.36. The highest BCUT2D eigenvalue weighted by Crippen LogP contribution is 2.61. The number of aliphatic hydroxyl groups is 6. The molecule has 0 aliphatic carbocycles. The van der Waals surface area contributed by atoms with Crippen LogP contribution >= 0.6 is 15.6 Å². The van der Waals surface area contributed by atoms with Gasteiger partial charge in [-0.1, -0.05) is 0 Å². The van der Waals surface area contributed by atoms with Gasteiger partial charge in [0.15, 0.2) is 23.7 Å². The summed E-state index contributed by atoms with van der Waals surface area (Å²) in [7, 11) is -11.1. The number of H-pyrrole nitrogens is 1. The molecule has 0 aromatic carbocycles. The van der Waals surface area contributed by atoms with E-state index in [0.717, 1.165) is 10.9 Å². The van der Waals surface area contributed by atoms with Crippen LogP contribution in [-0.2, 0) is 32.0 Å². The summed E-state index contributed by atoms with van der Waals surface area (Å²) in [5.74, 6) is -0.278. The number of hydrogen-bond acceptors (Lipinski definition) is 17. The van der Waals surface area contributed by atoms with E-state index in [9.17, 15) is 49.2 Å². The van der Waals surface area contributed by atoms with Gasteiger partial charge in [0, 0.05) is 0 Å². The molecule has 2 unspecified atom stereocenters. The fourth-order valence-corrected chi connectivity index (χ4v) is 6.01. The van der Waals surface area contributed by atoms with E-state index < -0.39 is 89.7 Å². The molecule has 2 aromatic rings. The van der Waals surface area contributed by atoms with Gasteiger partial charge in [0.1, 0.15) is 42.7 Å². The first-order valence-corrected chi connectivity index (χ1v) is 13.9. The van der Waals surface area contributed by atoms with Gasteiger partial charge in [0.05, 0.1) is 19.5 Å². The lowest BCUT2D eigenvalue weighted by Crippen LogP contribution is -2.58. The lowest BCUT2D eigenvalue weighted by atomic mass is 10.00. The van der Waals surface area contributed by atoms with E-state index in [1.54, 1.807) is 0 Å². The number of aromatic amines is 1. The fourth-order valence-electron chi connectivity index (χ4n) is 3.85. The number of nitrogens with two attached hydrogens (primary N) is 1. The minimum absolute atomic E-state index is 0.114. The topological polar surface area (TPSA) is 332 Å². The number of hydrogen-bond donors (Lipinski definition) is 10. The summed E-state index contributed by atoms with van der Waals surface area (Å²) < 4.78 is 49.1. The molecule has 2 aromatic heterocycles. The van der Waals surface area contributed by atoms with Gasteiger partial charge in [-0.25, -0.2) is 14.1 Å². The largest absolute Gasteiger partial charge is 0.483 e. The van der Waals surface area contributed by atoms with Crippen molar-refractivity contribution in [2.75, 3.05) is 18.9 Å². The Morgan fingerprint density at radius 1 is 1.00 bits per heavy atom. The van der Waals surface area contributed by atoms with E-state index in [2.05, 4.69) is 28.3 Å². The molecule has 0 saturated carbocycles. The summed E-state index contributed by atoms with van der Waals surface area (Å²) in [4.78, 5) is 41.7. The van der Waals surface area contributed by atoms with Crippen molar-refractivity contribution in [1.82, 2.24) is 19.5 Å². The van der Waals surface area contributed by atoms with Crippen molar-refractivity contribution in [3.8, 4) is 0 Å². The third-order valence-electron chi connectivity index (χ3n) is 5.76. The van der Waals surface area contributed by atoms with E-state index in [1.807, 2.05) is 0 Å². The van der Waals surface area contributed by atoms with Crippen molar-refractivity contribution in [2.24, 2.45) is 0 Å². The number of phosphoric acid groups is 2. The standard InChI is InChI=1S/C16H25N5O16P2/c17-16-19-12-6(13(28)20-16)18-3-21(12)14-10(26)8(24)5(34-14)2-33-38(29,30)37-39(31,32)36-15-11(27)9(25)7(23)4(1-22)35-15/h3-5,7-11,14-15,22-27H,1-2H2,(H,29,30)(H,31,32)(H3,17,19,20,28)/t4-,5-,7-,8-,9-,10-,11+,14-,15-/m1/s1. The predicted octanol–water partition coefficient (Wildman–Crippen LogP) is -4.63. The summed E-state index contributed by atoms with van der Waals surface area (Å²) in [5, 5.41) is 59.2. The van der Waals surface area contributed by atoms with E-state index in [0.29, 0.717) is 0 Å². The van der Waals surface area contributed by atoms with Crippen molar-refractivity contribution in [1.29, 1.82) is 0 Å². The first-order valence-electron chi connectivity index (χ1n) is 10.9. The van der Waals surface area contributed by atoms with Crippen LogP contribution < -0.4 is 11.3 Å². The second-order valence-corrected chi connectivity index (χ2v) is 11.4. The van der Waals surface area contributed by atoms with Crippen LogP contribution in [-0.4, -0.2) is 122 Å². The van der Waals surface area contributed by atoms with Crippen LogP contribution in [0.4, 0.5) is 5.95 Å². The van der Waals surface area contributed by atoms with Crippen molar-refractivity contribution in [3.63, 3.8) is 0 Å². The Labute approximate surface area is 216 Å². The van der Waals surface area contributed by atoms with E-state index in [-0.39, 0.29) is 17.1 Å². The number of aliphatic hydroxyl groups excluding tert-OH is 6. The molecule has 220 valence electrons. The Hall–Kier alpha value is -1.91. The van der Waals surface area contributed by atoms with Gasteiger partial charge < -0.3 is 55.6 Å². The normalized spacial score (nSPS) is 36.6. The van der Waals surface area contributed by atoms with Crippen LogP contribution in [0.5, 0.6) is 0 Å². The Kier molecular flexibility index (Phi) is 8.60. The minimum Gasteiger partial charge on any atom is -0.394 e. The van der Waals surface area contributed by atoms with Crippen LogP contribution in [0, 0.1) is 0 Å². The maximum atomic E-state index is 12.3. The lowest BCUT2D eigenvalue weighted by molar-refractivity contribution is -0.280. The molecule has 0 bridgehead atoms. The molecule has 21 nitrogen and oxygen atoms in total. The molecule has 11 atom stereocenters. The second kappa shape index (κ2) is 11.2. The molecular formula is C16H25N5O16P2. The highest BCUT2D eigenvalue weighted by atomic mass is 31.3. The summed E-state index contributed by atoms with van der Waals surface area (Å²) in [5.41, 5.74) is 4.54. The molecule has 23 heteroatoms. The molecule has 0 amide bonds. The molecule has 0 spiro atoms. The SMILES string of the molecule is Nc1nc2c(ncn2[C@@H]2O[C@H](COP(=O)(O)OP(=O)(O)O[C@H]3O[C@H](CO)[C@@H](O)[C@@H](O)[C@@H]3O)[C@@H](O)[C@H]2O)c(=O)[nH]1. The summed E-state index contributed by atoms with van der Waals surface area (Å²) in [6.07, 6.45) is -15.0. The Morgan fingerprint density at radius 2 is 1.67 bits per heavy atom. The monoisotopic (exact) mass is 605 g/mol. The van der Waals surface area contributed by atoms with Gasteiger partial charge >= 0.3 is 15.6 Å². The number of imidazole rings is 1. The lowest BCUT2D eigenvalue weighted by Gasteiger charge is -2.39. The quantitative estimate of drug-likeness (QED) is 0.120. The van der Waals surface area contributed by atoms with Gasteiger partial charge in [-0.2, -0.15) is 9.29 Å². The average molecular weight is 605 g/mol. The highest BCUT2D eigenvalue weighted by molar-refractivity contribution is 7.61. The zero-order valence-corrected chi connectivity index (χ0v) is 21.1. The van der Waals surface area contributed by atoms with Gasteiger partial charge in [-0.3, -0.25) is 23.4 Å². The predicted molar refractivity (Wildman–Crippen MR) is 120 cm³/mol. The third kappa shape index (κ3) is 6.22. The molecule has 2 aliphatic heterocycles. The number of ether oxygens (including phenoxy) is 2. The number of rotatable bonds is 9. The molecule has 39 heavy (non-hydrogen) atoms. The van der Waals surface area contributed by atoms with E-state index >= 15 is 0 Å². The van der Waals surface area contributed by atoms with Crippen molar-refractivity contribution in [2.45, 2.75) is 55.2 Å². The van der Waals surface area contributed by atoms with Gasteiger partial charge in [0.2, 0.25) is 5.95 Å². The number of nitrogens with zero attached hydrogens (tertiary/aromatic N) is 3. The smallest absolute Gasteiger partial charge is 0.394 e. The number of anilines is 1. The minimum atomic E-state index is -5.60. The highest BCUT2D eigenvalue weighted by Gasteiger charge is 2.49. The van der Waals surface area contributed by atoms with E-state index in [1.165, 1.54) is 0 Å². The molecule has 0 radical (unpaired) electrons. The average Bonchev–Trinajstić information content (AvgIpc) is 3.38. The van der Waals surface area contributed by atoms with Gasteiger partial charge in [0.25, 0.3) is 5.56 Å². The number of fused-ring (bicyclic) bond motifs is 1. The molecule has 4 rings (SSSR count). The maximum absolute atomic E-state index is 12.3. The fraction of sp³-hybridized carbons (Fsp3) is 0.688. The van der Waals surface area contributed by atoms with Gasteiger partial charge in [-0.05, 0) is 0 Å². The van der Waals surface area contributed by atoms with Crippen LogP contribution in [0.3, 0.4) is 0 Å². The van der Waals surface area contributed by atoms with Crippen molar-refractivity contribution < 1.29 is 72.4 Å². The van der Waals surface area contributed by atoms with Crippen molar-refractivity contribution in [3.05, 3.63) is 16.7 Å². The summed E-state index contributed by atoms with van der Waals surface area (Å²) in [6.45, 7) is -1.89. The molecule has 11 N–H and O–H groups in total. The second-order valence-electron chi connectivity index (χ2n) is 8.44. The van der Waals surface area contributed by atoms with Crippen LogP contribution in [0.25, 0.3) is 11.2 Å². The maximum Gasteiger partial charge on any atom is 0.483 e. The first kappa shape index (κ1) is 30.1. The Morgan fingerprint density at radius 3 is 2.33 bits per heavy atom. The summed E-state index contributed by atoms with van der Waals surface area (Å²) in [6, 6.07) is 0. The van der Waals surface area contributed by atoms with Gasteiger partial charge in [-0.15, -0.1) is 0 Å². The number of phosphoric ester groups is 2. The first-order chi connectivity index (χ1) is 18.1. The van der Waals surface area contributed by atoms with Crippen LogP contribution in [0.2, 0.25) is 0 Å². The van der Waals surface area contributed by atoms with Crippen LogP contribution in [0.15, 0.2) is 11.1 Å². The van der Waals surface area contributed by atoms with Crippen molar-refractivity contribution >= 4 is 32.8 Å². The number of nitrogens with one attached hydrogen (secondary N) is 1. The molecule has 2 saturated heterocycles. The Bertz CT molecular complexity index is 1340. The summed E-state index contributed by atoms with van der Waals surface area (Å²) >= 11 is 0. The van der Waals surface area contributed by atoms with E-state index in [4.69, 9.17) is 20.3 Å². The molecule has 4 heterocycles. The molecule has 2 aliphatic rings. The number of nitrogen functional groups attached to an aromatic ring is 1. The molecular weight excluding hydrogens is 580 g/mol. The number of aromatic nitrogens is 4. The Balaban J connectivity index is 1.39. The zero-order chi connectivity index (χ0) is 28.9. The van der Waals surface area contributed by atoms with Crippen LogP contribution in [0.1, 0.15) is 6.23 Å². The zero-order valence-electron chi connectivity index (χ0n) is 19.3. The molecule has 2 fully saturated rings.